The average Bonchev–Trinajstić information content (AvgIpc) is 3.31. The summed E-state index contributed by atoms with van der Waals surface area (Å²) in [7, 11) is 0. The Kier molecular flexibility index (Phi) is 5.35. The molecule has 1 amide bonds. The van der Waals surface area contributed by atoms with Crippen LogP contribution in [0.15, 0.2) is 48.5 Å². The molecule has 2 N–H and O–H groups in total. The first-order valence-corrected chi connectivity index (χ1v) is 9.42. The third-order valence-electron chi connectivity index (χ3n) is 5.06. The summed E-state index contributed by atoms with van der Waals surface area (Å²) in [4.78, 5) is 19.0. The van der Waals surface area contributed by atoms with Crippen molar-refractivity contribution in [3.05, 3.63) is 82.9 Å². The molecule has 8 heteroatoms. The van der Waals surface area contributed by atoms with Crippen molar-refractivity contribution in [2.45, 2.75) is 32.0 Å². The molecule has 0 saturated carbocycles. The fourth-order valence-electron chi connectivity index (χ4n) is 3.69. The summed E-state index contributed by atoms with van der Waals surface area (Å²) >= 11 is 0. The van der Waals surface area contributed by atoms with Crippen molar-refractivity contribution in [3.8, 4) is 0 Å². The van der Waals surface area contributed by atoms with E-state index in [9.17, 15) is 13.6 Å². The molecule has 0 unspecified atom stereocenters. The van der Waals surface area contributed by atoms with E-state index in [0.29, 0.717) is 42.3 Å². The van der Waals surface area contributed by atoms with Crippen LogP contribution in [0, 0.1) is 18.6 Å². The molecule has 29 heavy (non-hydrogen) atoms. The van der Waals surface area contributed by atoms with Crippen molar-refractivity contribution in [1.82, 2.24) is 25.4 Å². The molecule has 2 aromatic carbocycles. The summed E-state index contributed by atoms with van der Waals surface area (Å²) < 4.78 is 26.9. The number of amides is 1. The number of carbonyl (C=O) groups is 1. The van der Waals surface area contributed by atoms with Gasteiger partial charge < -0.3 is 5.32 Å². The molecule has 4 rings (SSSR count). The number of halogens is 2. The van der Waals surface area contributed by atoms with Gasteiger partial charge in [0.25, 0.3) is 5.91 Å². The lowest BCUT2D eigenvalue weighted by Crippen LogP contribution is -2.37. The Bertz CT molecular complexity index is 1010. The molecule has 0 spiro atoms. The minimum atomic E-state index is -0.874. The number of hydrogen-bond donors (Lipinski definition) is 2. The van der Waals surface area contributed by atoms with Crippen LogP contribution in [0.2, 0.25) is 0 Å². The smallest absolute Gasteiger partial charge is 0.251 e. The molecule has 150 valence electrons. The van der Waals surface area contributed by atoms with Gasteiger partial charge in [0.15, 0.2) is 17.5 Å². The lowest BCUT2D eigenvalue weighted by atomic mass is 10.1. The fourth-order valence-corrected chi connectivity index (χ4v) is 3.69. The highest BCUT2D eigenvalue weighted by atomic mass is 19.2. The van der Waals surface area contributed by atoms with E-state index in [1.54, 1.807) is 18.2 Å². The highest BCUT2D eigenvalue weighted by Crippen LogP contribution is 2.32. The number of rotatable bonds is 5. The first kappa shape index (κ1) is 19.2. The summed E-state index contributed by atoms with van der Waals surface area (Å²) in [5.41, 5.74) is 1.24. The highest BCUT2D eigenvalue weighted by molar-refractivity contribution is 5.94. The Morgan fingerprint density at radius 2 is 2.00 bits per heavy atom. The quantitative estimate of drug-likeness (QED) is 0.694. The van der Waals surface area contributed by atoms with Crippen molar-refractivity contribution >= 4 is 5.91 Å². The van der Waals surface area contributed by atoms with Gasteiger partial charge in [0.2, 0.25) is 0 Å². The number of benzene rings is 2. The van der Waals surface area contributed by atoms with Gasteiger partial charge in [-0.1, -0.05) is 24.3 Å². The van der Waals surface area contributed by atoms with E-state index < -0.39 is 11.6 Å². The summed E-state index contributed by atoms with van der Waals surface area (Å²) in [5, 5.41) is 10.2. The molecule has 0 bridgehead atoms. The van der Waals surface area contributed by atoms with Crippen molar-refractivity contribution in [1.29, 1.82) is 0 Å². The van der Waals surface area contributed by atoms with Crippen LogP contribution in [0.4, 0.5) is 8.78 Å². The van der Waals surface area contributed by atoms with Crippen LogP contribution in [0.3, 0.4) is 0 Å². The Balaban J connectivity index is 1.52. The molecule has 1 aliphatic rings. The minimum absolute atomic E-state index is 0.114. The first-order valence-electron chi connectivity index (χ1n) is 9.42. The summed E-state index contributed by atoms with van der Waals surface area (Å²) in [6.45, 7) is 2.77. The highest BCUT2D eigenvalue weighted by Gasteiger charge is 2.36. The second-order valence-corrected chi connectivity index (χ2v) is 7.24. The largest absolute Gasteiger partial charge is 0.348 e. The monoisotopic (exact) mass is 397 g/mol. The molecule has 1 aliphatic heterocycles. The molecule has 0 radical (unpaired) electrons. The molecule has 6 nitrogen and oxygen atoms in total. The van der Waals surface area contributed by atoms with Gasteiger partial charge in [-0.3, -0.25) is 14.8 Å². The van der Waals surface area contributed by atoms with Crippen LogP contribution >= 0.6 is 0 Å². The van der Waals surface area contributed by atoms with E-state index in [2.05, 4.69) is 25.4 Å². The maximum absolute atomic E-state index is 13.6. The first-order chi connectivity index (χ1) is 14.0. The van der Waals surface area contributed by atoms with Crippen LogP contribution in [0.5, 0.6) is 0 Å². The molecular formula is C21H21F2N5O. The van der Waals surface area contributed by atoms with E-state index in [1.807, 2.05) is 25.1 Å². The molecule has 1 aromatic heterocycles. The van der Waals surface area contributed by atoms with E-state index in [0.717, 1.165) is 6.07 Å². The van der Waals surface area contributed by atoms with Crippen LogP contribution in [-0.4, -0.2) is 38.6 Å². The Hall–Kier alpha value is -3.13. The van der Waals surface area contributed by atoms with Gasteiger partial charge in [-0.25, -0.2) is 13.8 Å². The van der Waals surface area contributed by atoms with Gasteiger partial charge in [-0.2, -0.15) is 5.10 Å². The number of carbonyl (C=O) groups excluding carboxylic acids is 1. The average molecular weight is 397 g/mol. The van der Waals surface area contributed by atoms with Gasteiger partial charge in [0.05, 0.1) is 6.04 Å². The van der Waals surface area contributed by atoms with E-state index in [4.69, 9.17) is 0 Å². The molecule has 2 atom stereocenters. The summed E-state index contributed by atoms with van der Waals surface area (Å²) in [6, 6.07) is 12.7. The van der Waals surface area contributed by atoms with Crippen LogP contribution in [0.1, 0.15) is 40.0 Å². The molecule has 0 aliphatic carbocycles. The maximum atomic E-state index is 13.6. The molecular weight excluding hydrogens is 376 g/mol. The third kappa shape index (κ3) is 4.32. The summed E-state index contributed by atoms with van der Waals surface area (Å²) in [6.07, 6.45) is 0.625. The number of H-pyrrole nitrogens is 1. The van der Waals surface area contributed by atoms with Crippen molar-refractivity contribution in [2.24, 2.45) is 0 Å². The molecule has 1 fully saturated rings. The van der Waals surface area contributed by atoms with Gasteiger partial charge in [0, 0.05) is 24.7 Å². The number of aryl methyl sites for hydroxylation is 1. The minimum Gasteiger partial charge on any atom is -0.348 e. The molecule has 2 heterocycles. The number of aromatic amines is 1. The van der Waals surface area contributed by atoms with E-state index >= 15 is 0 Å². The lowest BCUT2D eigenvalue weighted by Gasteiger charge is -2.22. The number of nitrogens with one attached hydrogen (secondary N) is 2. The Morgan fingerprint density at radius 3 is 2.69 bits per heavy atom. The number of hydrogen-bond acceptors (Lipinski definition) is 4. The Morgan fingerprint density at radius 1 is 1.21 bits per heavy atom. The van der Waals surface area contributed by atoms with Crippen LogP contribution in [0.25, 0.3) is 0 Å². The zero-order valence-electron chi connectivity index (χ0n) is 15.9. The molecule has 1 saturated heterocycles. The predicted octanol–water partition coefficient (Wildman–Crippen LogP) is 3.14. The number of likely N-dealkylation sites (tertiary alicyclic amines) is 1. The number of nitrogens with zero attached hydrogens (tertiary/aromatic N) is 3. The molecule has 3 aromatic rings. The van der Waals surface area contributed by atoms with Gasteiger partial charge in [0.1, 0.15) is 5.82 Å². The van der Waals surface area contributed by atoms with Crippen molar-refractivity contribution < 1.29 is 13.6 Å². The van der Waals surface area contributed by atoms with Gasteiger partial charge in [-0.05, 0) is 43.2 Å². The third-order valence-corrected chi connectivity index (χ3v) is 5.06. The lowest BCUT2D eigenvalue weighted by molar-refractivity contribution is 0.0937. The van der Waals surface area contributed by atoms with Gasteiger partial charge in [-0.15, -0.1) is 0 Å². The van der Waals surface area contributed by atoms with E-state index in [-0.39, 0.29) is 18.0 Å². The normalized spacial score (nSPS) is 19.4. The fraction of sp³-hybridized carbons (Fsp3) is 0.286. The SMILES string of the molecule is Cc1nc([C@@H]2C[C@H](NC(=O)c3ccccc3)CN2Cc2ccc(F)c(F)c2)n[nH]1. The van der Waals surface area contributed by atoms with Crippen molar-refractivity contribution in [3.63, 3.8) is 0 Å². The number of aromatic nitrogens is 3. The van der Waals surface area contributed by atoms with E-state index in [1.165, 1.54) is 6.07 Å². The Labute approximate surface area is 167 Å². The van der Waals surface area contributed by atoms with Gasteiger partial charge >= 0.3 is 0 Å². The standard InChI is InChI=1S/C21H21F2N5O/c1-13-24-20(27-26-13)19-10-16(25-21(29)15-5-3-2-4-6-15)12-28(19)11-14-7-8-17(22)18(23)9-14/h2-9,16,19H,10-12H2,1H3,(H,25,29)(H,24,26,27)/t16-,19-/m0/s1. The van der Waals surface area contributed by atoms with Crippen LogP contribution in [-0.2, 0) is 6.54 Å². The maximum Gasteiger partial charge on any atom is 0.251 e. The zero-order valence-corrected chi connectivity index (χ0v) is 15.9. The predicted molar refractivity (Wildman–Crippen MR) is 103 cm³/mol. The zero-order chi connectivity index (χ0) is 20.4. The second-order valence-electron chi connectivity index (χ2n) is 7.24. The summed E-state index contributed by atoms with van der Waals surface area (Å²) in [5.74, 6) is -0.563. The topological polar surface area (TPSA) is 73.9 Å². The second kappa shape index (κ2) is 8.08. The van der Waals surface area contributed by atoms with Crippen LogP contribution < -0.4 is 5.32 Å². The van der Waals surface area contributed by atoms with Crippen molar-refractivity contribution in [2.75, 3.05) is 6.54 Å².